The zero-order valence-corrected chi connectivity index (χ0v) is 14.2. The van der Waals surface area contributed by atoms with E-state index in [1.165, 1.54) is 0 Å². The van der Waals surface area contributed by atoms with E-state index in [9.17, 15) is 0 Å². The number of nitrogens with one attached hydrogen (secondary N) is 2. The molecule has 0 bridgehead atoms. The lowest BCUT2D eigenvalue weighted by Crippen LogP contribution is -2.05. The van der Waals surface area contributed by atoms with E-state index in [1.807, 2.05) is 42.5 Å². The van der Waals surface area contributed by atoms with Crippen molar-refractivity contribution in [3.05, 3.63) is 59.9 Å². The molecule has 0 unspecified atom stereocenters. The monoisotopic (exact) mass is 355 g/mol. The van der Waals surface area contributed by atoms with Crippen molar-refractivity contribution in [2.24, 2.45) is 0 Å². The van der Waals surface area contributed by atoms with Gasteiger partial charge in [0.05, 0.1) is 18.1 Å². The van der Waals surface area contributed by atoms with Crippen LogP contribution in [-0.4, -0.2) is 33.2 Å². The van der Waals surface area contributed by atoms with Gasteiger partial charge in [-0.3, -0.25) is 4.98 Å². The molecule has 7 heteroatoms. The lowest BCUT2D eigenvalue weighted by atomic mass is 10.2. The van der Waals surface area contributed by atoms with Crippen LogP contribution in [0.15, 0.2) is 54.9 Å². The Bertz CT molecular complexity index is 843. The average Bonchev–Trinajstić information content (AvgIpc) is 2.63. The predicted molar refractivity (Wildman–Crippen MR) is 100 cm³/mol. The Balaban J connectivity index is 1.78. The van der Waals surface area contributed by atoms with Crippen molar-refractivity contribution >= 4 is 28.9 Å². The van der Waals surface area contributed by atoms with E-state index in [-0.39, 0.29) is 6.61 Å². The van der Waals surface area contributed by atoms with Crippen molar-refractivity contribution < 1.29 is 5.11 Å². The van der Waals surface area contributed by atoms with E-state index < -0.39 is 0 Å². The van der Waals surface area contributed by atoms with Gasteiger partial charge in [0.2, 0.25) is 0 Å². The molecule has 25 heavy (non-hydrogen) atoms. The summed E-state index contributed by atoms with van der Waals surface area (Å²) in [7, 11) is 0. The highest BCUT2D eigenvalue weighted by molar-refractivity contribution is 6.30. The average molecular weight is 356 g/mol. The molecule has 2 heterocycles. The molecule has 3 rings (SSSR count). The maximum atomic E-state index is 8.85. The summed E-state index contributed by atoms with van der Waals surface area (Å²) in [5, 5.41) is 15.9. The summed E-state index contributed by atoms with van der Waals surface area (Å²) in [5.41, 5.74) is 2.22. The topological polar surface area (TPSA) is 83.0 Å². The first-order valence-electron chi connectivity index (χ1n) is 7.91. The molecule has 0 aliphatic heterocycles. The van der Waals surface area contributed by atoms with Crippen LogP contribution in [0.5, 0.6) is 0 Å². The molecule has 6 nitrogen and oxygen atoms in total. The molecule has 0 atom stereocenters. The zero-order chi connectivity index (χ0) is 17.5. The molecule has 0 fully saturated rings. The van der Waals surface area contributed by atoms with Gasteiger partial charge in [0.15, 0.2) is 0 Å². The predicted octanol–water partition coefficient (Wildman–Crippen LogP) is 3.73. The van der Waals surface area contributed by atoms with Gasteiger partial charge in [-0.2, -0.15) is 0 Å². The van der Waals surface area contributed by atoms with Gasteiger partial charge in [0.25, 0.3) is 0 Å². The van der Waals surface area contributed by atoms with Crippen molar-refractivity contribution in [1.29, 1.82) is 0 Å². The molecule has 0 aliphatic carbocycles. The molecule has 3 aromatic rings. The molecule has 0 saturated carbocycles. The number of pyridine rings is 1. The van der Waals surface area contributed by atoms with E-state index in [1.54, 1.807) is 12.4 Å². The molecule has 0 saturated heterocycles. The molecular formula is C18H18ClN5O. The Morgan fingerprint density at radius 2 is 1.80 bits per heavy atom. The Labute approximate surface area is 150 Å². The number of aliphatic hydroxyl groups is 1. The van der Waals surface area contributed by atoms with Crippen molar-refractivity contribution in [2.75, 3.05) is 23.8 Å². The van der Waals surface area contributed by atoms with Gasteiger partial charge in [0.1, 0.15) is 17.3 Å². The fourth-order valence-corrected chi connectivity index (χ4v) is 2.43. The first-order valence-corrected chi connectivity index (χ1v) is 8.29. The van der Waals surface area contributed by atoms with Crippen LogP contribution in [0.4, 0.5) is 17.3 Å². The zero-order valence-electron chi connectivity index (χ0n) is 13.5. The summed E-state index contributed by atoms with van der Waals surface area (Å²) in [6, 6.07) is 13.1. The first kappa shape index (κ1) is 17.1. The van der Waals surface area contributed by atoms with Crippen molar-refractivity contribution in [1.82, 2.24) is 15.0 Å². The number of anilines is 3. The van der Waals surface area contributed by atoms with Crippen LogP contribution in [0, 0.1) is 0 Å². The Morgan fingerprint density at radius 1 is 0.960 bits per heavy atom. The highest BCUT2D eigenvalue weighted by atomic mass is 35.5. The summed E-state index contributed by atoms with van der Waals surface area (Å²) < 4.78 is 0. The molecule has 0 radical (unpaired) electrons. The Kier molecular flexibility index (Phi) is 5.77. The number of nitrogens with zero attached hydrogens (tertiary/aromatic N) is 3. The number of hydrogen-bond acceptors (Lipinski definition) is 6. The smallest absolute Gasteiger partial charge is 0.149 e. The molecule has 0 aliphatic rings. The van der Waals surface area contributed by atoms with Gasteiger partial charge in [-0.25, -0.2) is 9.97 Å². The van der Waals surface area contributed by atoms with Gasteiger partial charge < -0.3 is 15.7 Å². The second kappa shape index (κ2) is 8.41. The van der Waals surface area contributed by atoms with Crippen LogP contribution < -0.4 is 10.6 Å². The summed E-state index contributed by atoms with van der Waals surface area (Å²) in [5.74, 6) is 1.35. The second-order valence-corrected chi connectivity index (χ2v) is 5.77. The normalized spacial score (nSPS) is 10.5. The van der Waals surface area contributed by atoms with Gasteiger partial charge in [-0.1, -0.05) is 23.7 Å². The highest BCUT2D eigenvalue weighted by Gasteiger charge is 2.05. The third-order valence-corrected chi connectivity index (χ3v) is 3.62. The van der Waals surface area contributed by atoms with Gasteiger partial charge in [0, 0.05) is 23.9 Å². The summed E-state index contributed by atoms with van der Waals surface area (Å²) in [4.78, 5) is 13.3. The quantitative estimate of drug-likeness (QED) is 0.560. The highest BCUT2D eigenvalue weighted by Crippen LogP contribution is 2.21. The van der Waals surface area contributed by atoms with Crippen LogP contribution in [0.25, 0.3) is 11.4 Å². The minimum absolute atomic E-state index is 0.148. The Hall–Kier alpha value is -2.70. The molecule has 2 aromatic heterocycles. The lowest BCUT2D eigenvalue weighted by molar-refractivity contribution is 0.292. The molecule has 3 N–H and O–H groups in total. The van der Waals surface area contributed by atoms with Crippen molar-refractivity contribution in [2.45, 2.75) is 6.42 Å². The van der Waals surface area contributed by atoms with Crippen LogP contribution >= 0.6 is 11.6 Å². The largest absolute Gasteiger partial charge is 0.396 e. The summed E-state index contributed by atoms with van der Waals surface area (Å²) in [6.45, 7) is 0.810. The van der Waals surface area contributed by atoms with Gasteiger partial charge in [-0.15, -0.1) is 0 Å². The molecule has 0 amide bonds. The van der Waals surface area contributed by atoms with Crippen LogP contribution in [0.1, 0.15) is 6.42 Å². The lowest BCUT2D eigenvalue weighted by Gasteiger charge is -2.09. The van der Waals surface area contributed by atoms with Crippen LogP contribution in [-0.2, 0) is 0 Å². The number of aromatic nitrogens is 3. The molecular weight excluding hydrogens is 338 g/mol. The van der Waals surface area contributed by atoms with Gasteiger partial charge in [-0.05, 0) is 36.8 Å². The fourth-order valence-electron chi connectivity index (χ4n) is 2.24. The van der Waals surface area contributed by atoms with E-state index in [4.69, 9.17) is 16.7 Å². The van der Waals surface area contributed by atoms with E-state index in [0.29, 0.717) is 29.5 Å². The molecule has 1 aromatic carbocycles. The third kappa shape index (κ3) is 4.89. The van der Waals surface area contributed by atoms with Crippen molar-refractivity contribution in [3.8, 4) is 11.4 Å². The Morgan fingerprint density at radius 3 is 2.64 bits per heavy atom. The first-order chi connectivity index (χ1) is 12.2. The minimum atomic E-state index is 0.148. The van der Waals surface area contributed by atoms with Crippen molar-refractivity contribution in [3.63, 3.8) is 0 Å². The van der Waals surface area contributed by atoms with Crippen LogP contribution in [0.3, 0.4) is 0 Å². The van der Waals surface area contributed by atoms with Gasteiger partial charge >= 0.3 is 0 Å². The van der Waals surface area contributed by atoms with E-state index in [2.05, 4.69) is 25.6 Å². The number of aliphatic hydroxyl groups excluding tert-OH is 1. The number of rotatable bonds is 7. The summed E-state index contributed by atoms with van der Waals surface area (Å²) >= 11 is 6.00. The van der Waals surface area contributed by atoms with Crippen LogP contribution in [0.2, 0.25) is 5.02 Å². The van der Waals surface area contributed by atoms with E-state index >= 15 is 0 Å². The summed E-state index contributed by atoms with van der Waals surface area (Å²) in [6.07, 6.45) is 3.99. The maximum Gasteiger partial charge on any atom is 0.149 e. The maximum absolute atomic E-state index is 8.85. The number of hydrogen-bond donors (Lipinski definition) is 3. The SMILES string of the molecule is OCCCNc1cccc(-c2cncc(Nc3cccc(Cl)c3)n2)n1. The standard InChI is InChI=1S/C18H18ClN5O/c19-13-4-1-5-14(10-13)22-18-12-20-11-16(24-18)15-6-2-7-17(23-15)21-8-3-9-25/h1-2,4-7,10-12,25H,3,8-9H2,(H,21,23)(H,22,24). The fraction of sp³-hybridized carbons (Fsp3) is 0.167. The molecule has 128 valence electrons. The molecule has 0 spiro atoms. The number of halogens is 1. The number of benzene rings is 1. The second-order valence-electron chi connectivity index (χ2n) is 5.34. The third-order valence-electron chi connectivity index (χ3n) is 3.38. The van der Waals surface area contributed by atoms with E-state index in [0.717, 1.165) is 17.2 Å². The minimum Gasteiger partial charge on any atom is -0.396 e.